The fourth-order valence-electron chi connectivity index (χ4n) is 2.81. The molecule has 1 aromatic carbocycles. The largest absolute Gasteiger partial charge is 0.497 e. The van der Waals surface area contributed by atoms with Crippen LogP contribution in [0.15, 0.2) is 50.4 Å². The van der Waals surface area contributed by atoms with E-state index >= 15 is 0 Å². The standard InChI is InChI=1S/C17H17N3O5S/c1-23-13-6-4-12(5-7-13)16-18-17(25-19-16)14-8-9-15(24-14)26(21,22)20-10-2-3-11-20/h4-9H,2-3,10-11H2,1H3. The van der Waals surface area contributed by atoms with E-state index in [1.54, 1.807) is 31.4 Å². The highest BCUT2D eigenvalue weighted by molar-refractivity contribution is 7.89. The molecular weight excluding hydrogens is 358 g/mol. The number of sulfonamides is 1. The smallest absolute Gasteiger partial charge is 0.293 e. The Morgan fingerprint density at radius 3 is 2.50 bits per heavy atom. The lowest BCUT2D eigenvalue weighted by molar-refractivity contribution is 0.388. The number of furan rings is 1. The second-order valence-corrected chi connectivity index (χ2v) is 7.75. The Morgan fingerprint density at radius 2 is 1.81 bits per heavy atom. The van der Waals surface area contributed by atoms with Crippen LogP contribution in [0, 0.1) is 0 Å². The monoisotopic (exact) mass is 375 g/mol. The summed E-state index contributed by atoms with van der Waals surface area (Å²) in [7, 11) is -2.03. The minimum Gasteiger partial charge on any atom is -0.497 e. The predicted octanol–water partition coefficient (Wildman–Crippen LogP) is 2.79. The van der Waals surface area contributed by atoms with Gasteiger partial charge in [-0.05, 0) is 49.2 Å². The summed E-state index contributed by atoms with van der Waals surface area (Å²) in [6.45, 7) is 1.03. The molecule has 0 bridgehead atoms. The molecule has 1 saturated heterocycles. The van der Waals surface area contributed by atoms with Gasteiger partial charge < -0.3 is 13.7 Å². The van der Waals surface area contributed by atoms with Crippen molar-refractivity contribution >= 4 is 10.0 Å². The van der Waals surface area contributed by atoms with Crippen molar-refractivity contribution in [2.24, 2.45) is 0 Å². The molecule has 9 heteroatoms. The van der Waals surface area contributed by atoms with Crippen molar-refractivity contribution in [1.82, 2.24) is 14.4 Å². The summed E-state index contributed by atoms with van der Waals surface area (Å²) in [6.07, 6.45) is 1.73. The summed E-state index contributed by atoms with van der Waals surface area (Å²) in [5.41, 5.74) is 0.747. The summed E-state index contributed by atoms with van der Waals surface area (Å²) < 4.78 is 42.3. The number of rotatable bonds is 5. The van der Waals surface area contributed by atoms with Crippen LogP contribution in [0.4, 0.5) is 0 Å². The number of hydrogen-bond donors (Lipinski definition) is 0. The molecule has 0 saturated carbocycles. The number of nitrogens with zero attached hydrogens (tertiary/aromatic N) is 3. The summed E-state index contributed by atoms with van der Waals surface area (Å²) in [6, 6.07) is 10.1. The first-order valence-electron chi connectivity index (χ1n) is 8.16. The van der Waals surface area contributed by atoms with Gasteiger partial charge in [-0.2, -0.15) is 9.29 Å². The van der Waals surface area contributed by atoms with Gasteiger partial charge in [-0.15, -0.1) is 0 Å². The molecule has 0 unspecified atom stereocenters. The fraction of sp³-hybridized carbons (Fsp3) is 0.294. The molecule has 0 aliphatic carbocycles. The Bertz CT molecular complexity index is 1000. The molecule has 0 amide bonds. The third kappa shape index (κ3) is 2.99. The summed E-state index contributed by atoms with van der Waals surface area (Å²) >= 11 is 0. The highest BCUT2D eigenvalue weighted by Gasteiger charge is 2.30. The average Bonchev–Trinajstić information content (AvgIpc) is 3.42. The van der Waals surface area contributed by atoms with Gasteiger partial charge in [0.2, 0.25) is 10.9 Å². The van der Waals surface area contributed by atoms with Crippen molar-refractivity contribution in [3.63, 3.8) is 0 Å². The topological polar surface area (TPSA) is 98.7 Å². The first-order chi connectivity index (χ1) is 12.6. The van der Waals surface area contributed by atoms with Crippen molar-refractivity contribution < 1.29 is 22.1 Å². The molecule has 1 aliphatic rings. The maximum absolute atomic E-state index is 12.5. The molecule has 4 rings (SSSR count). The fourth-order valence-corrected chi connectivity index (χ4v) is 4.24. The van der Waals surface area contributed by atoms with Gasteiger partial charge in [-0.1, -0.05) is 5.16 Å². The van der Waals surface area contributed by atoms with Crippen LogP contribution in [0.3, 0.4) is 0 Å². The lowest BCUT2D eigenvalue weighted by Gasteiger charge is -2.12. The Kier molecular flexibility index (Phi) is 4.25. The van der Waals surface area contributed by atoms with E-state index in [0.717, 1.165) is 24.2 Å². The third-order valence-electron chi connectivity index (χ3n) is 4.23. The molecule has 0 atom stereocenters. The van der Waals surface area contributed by atoms with Crippen molar-refractivity contribution in [3.8, 4) is 28.8 Å². The van der Waals surface area contributed by atoms with Gasteiger partial charge in [0.25, 0.3) is 15.9 Å². The molecule has 0 N–H and O–H groups in total. The van der Waals surface area contributed by atoms with E-state index in [1.165, 1.54) is 16.4 Å². The van der Waals surface area contributed by atoms with Crippen LogP contribution in [-0.4, -0.2) is 43.1 Å². The van der Waals surface area contributed by atoms with E-state index in [0.29, 0.717) is 18.9 Å². The molecule has 3 aromatic rings. The number of ether oxygens (including phenoxy) is 1. The summed E-state index contributed by atoms with van der Waals surface area (Å²) in [4.78, 5) is 4.28. The number of aromatic nitrogens is 2. The maximum atomic E-state index is 12.5. The number of hydrogen-bond acceptors (Lipinski definition) is 7. The second-order valence-electron chi connectivity index (χ2n) is 5.88. The molecule has 8 nitrogen and oxygen atoms in total. The van der Waals surface area contributed by atoms with Gasteiger partial charge >= 0.3 is 0 Å². The van der Waals surface area contributed by atoms with Crippen LogP contribution in [0.25, 0.3) is 23.0 Å². The van der Waals surface area contributed by atoms with E-state index in [-0.39, 0.29) is 16.7 Å². The molecule has 0 spiro atoms. The number of methoxy groups -OCH3 is 1. The molecule has 1 fully saturated rings. The van der Waals surface area contributed by atoms with E-state index in [4.69, 9.17) is 13.7 Å². The molecule has 1 aliphatic heterocycles. The average molecular weight is 375 g/mol. The van der Waals surface area contributed by atoms with Gasteiger partial charge in [-0.3, -0.25) is 0 Å². The van der Waals surface area contributed by atoms with Crippen molar-refractivity contribution in [2.45, 2.75) is 17.9 Å². The molecular formula is C17H17N3O5S. The number of benzene rings is 1. The zero-order chi connectivity index (χ0) is 18.1. The van der Waals surface area contributed by atoms with Crippen LogP contribution in [0.5, 0.6) is 5.75 Å². The SMILES string of the molecule is COc1ccc(-c2noc(-c3ccc(S(=O)(=O)N4CCCC4)o3)n2)cc1. The van der Waals surface area contributed by atoms with Gasteiger partial charge in [0.1, 0.15) is 5.75 Å². The van der Waals surface area contributed by atoms with E-state index < -0.39 is 10.0 Å². The quantitative estimate of drug-likeness (QED) is 0.676. The lowest BCUT2D eigenvalue weighted by Crippen LogP contribution is -2.27. The first-order valence-corrected chi connectivity index (χ1v) is 9.60. The Labute approximate surface area is 150 Å². The van der Waals surface area contributed by atoms with E-state index in [1.807, 2.05) is 0 Å². The molecule has 0 radical (unpaired) electrons. The summed E-state index contributed by atoms with van der Waals surface area (Å²) in [5.74, 6) is 1.44. The van der Waals surface area contributed by atoms with Gasteiger partial charge in [0.05, 0.1) is 7.11 Å². The second kappa shape index (κ2) is 6.58. The molecule has 26 heavy (non-hydrogen) atoms. The zero-order valence-corrected chi connectivity index (χ0v) is 14.9. The highest BCUT2D eigenvalue weighted by Crippen LogP contribution is 2.28. The summed E-state index contributed by atoms with van der Waals surface area (Å²) in [5, 5.41) is 3.81. The Balaban J connectivity index is 1.59. The van der Waals surface area contributed by atoms with Crippen molar-refractivity contribution in [3.05, 3.63) is 36.4 Å². The first kappa shape index (κ1) is 16.8. The van der Waals surface area contributed by atoms with Crippen LogP contribution in [-0.2, 0) is 10.0 Å². The normalized spacial score (nSPS) is 15.4. The zero-order valence-electron chi connectivity index (χ0n) is 14.1. The molecule has 2 aromatic heterocycles. The highest BCUT2D eigenvalue weighted by atomic mass is 32.2. The Morgan fingerprint density at radius 1 is 1.08 bits per heavy atom. The maximum Gasteiger partial charge on any atom is 0.293 e. The minimum atomic E-state index is -3.62. The van der Waals surface area contributed by atoms with Crippen molar-refractivity contribution in [1.29, 1.82) is 0 Å². The predicted molar refractivity (Wildman–Crippen MR) is 92.0 cm³/mol. The van der Waals surface area contributed by atoms with Crippen LogP contribution >= 0.6 is 0 Å². The van der Waals surface area contributed by atoms with Crippen molar-refractivity contribution in [2.75, 3.05) is 20.2 Å². The third-order valence-corrected chi connectivity index (χ3v) is 6.00. The van der Waals surface area contributed by atoms with Crippen LogP contribution in [0.2, 0.25) is 0 Å². The molecule has 136 valence electrons. The Hall–Kier alpha value is -2.65. The molecule has 3 heterocycles. The van der Waals surface area contributed by atoms with Gasteiger partial charge in [-0.25, -0.2) is 8.42 Å². The van der Waals surface area contributed by atoms with Crippen LogP contribution in [0.1, 0.15) is 12.8 Å². The minimum absolute atomic E-state index is 0.112. The van der Waals surface area contributed by atoms with Gasteiger partial charge in [0, 0.05) is 18.7 Å². The van der Waals surface area contributed by atoms with E-state index in [9.17, 15) is 8.42 Å². The van der Waals surface area contributed by atoms with E-state index in [2.05, 4.69) is 10.1 Å². The van der Waals surface area contributed by atoms with Crippen LogP contribution < -0.4 is 4.74 Å². The van der Waals surface area contributed by atoms with Gasteiger partial charge in [0.15, 0.2) is 5.76 Å². The lowest BCUT2D eigenvalue weighted by atomic mass is 10.2.